The standard InChI is InChI=1S/C17H32N2O/c1-2-14-8-10-15(11-9-14)12-18-13-17(20)19-16-6-4-3-5-7-16/h14-16,18H,2-13H2,1H3,(H,19,20). The molecular formula is C17H32N2O. The van der Waals surface area contributed by atoms with Crippen LogP contribution >= 0.6 is 0 Å². The van der Waals surface area contributed by atoms with Crippen LogP contribution in [0.25, 0.3) is 0 Å². The van der Waals surface area contributed by atoms with Crippen LogP contribution in [0.3, 0.4) is 0 Å². The van der Waals surface area contributed by atoms with Crippen molar-refractivity contribution < 1.29 is 4.79 Å². The molecule has 0 atom stereocenters. The first kappa shape index (κ1) is 15.8. The normalized spacial score (nSPS) is 28.2. The zero-order valence-electron chi connectivity index (χ0n) is 13.1. The van der Waals surface area contributed by atoms with Crippen LogP contribution in [-0.4, -0.2) is 25.0 Å². The molecule has 2 aliphatic carbocycles. The third-order valence-corrected chi connectivity index (χ3v) is 5.23. The zero-order chi connectivity index (χ0) is 14.2. The van der Waals surface area contributed by atoms with Gasteiger partial charge in [0.15, 0.2) is 0 Å². The molecule has 2 fully saturated rings. The lowest BCUT2D eigenvalue weighted by Gasteiger charge is -2.28. The Bertz CT molecular complexity index is 279. The Morgan fingerprint density at radius 1 is 0.950 bits per heavy atom. The SMILES string of the molecule is CCC1CCC(CNCC(=O)NC2CCCCC2)CC1. The van der Waals surface area contributed by atoms with Gasteiger partial charge in [-0.25, -0.2) is 0 Å². The summed E-state index contributed by atoms with van der Waals surface area (Å²) < 4.78 is 0. The molecule has 3 heteroatoms. The minimum atomic E-state index is 0.194. The van der Waals surface area contributed by atoms with E-state index in [1.807, 2.05) is 0 Å². The molecule has 0 saturated heterocycles. The molecule has 0 spiro atoms. The molecule has 0 aromatic rings. The third-order valence-electron chi connectivity index (χ3n) is 5.23. The lowest BCUT2D eigenvalue weighted by molar-refractivity contribution is -0.121. The van der Waals surface area contributed by atoms with Crippen molar-refractivity contribution in [2.75, 3.05) is 13.1 Å². The van der Waals surface area contributed by atoms with E-state index in [1.54, 1.807) is 0 Å². The van der Waals surface area contributed by atoms with E-state index in [9.17, 15) is 4.79 Å². The van der Waals surface area contributed by atoms with Crippen molar-refractivity contribution in [1.82, 2.24) is 10.6 Å². The largest absolute Gasteiger partial charge is 0.352 e. The van der Waals surface area contributed by atoms with Crippen LogP contribution in [0, 0.1) is 11.8 Å². The first-order chi connectivity index (χ1) is 9.78. The van der Waals surface area contributed by atoms with Gasteiger partial charge in [-0.2, -0.15) is 0 Å². The molecule has 2 rings (SSSR count). The van der Waals surface area contributed by atoms with E-state index in [-0.39, 0.29) is 5.91 Å². The van der Waals surface area contributed by atoms with Gasteiger partial charge >= 0.3 is 0 Å². The van der Waals surface area contributed by atoms with Crippen molar-refractivity contribution in [2.24, 2.45) is 11.8 Å². The fraction of sp³-hybridized carbons (Fsp3) is 0.941. The van der Waals surface area contributed by atoms with E-state index in [0.29, 0.717) is 12.6 Å². The Morgan fingerprint density at radius 3 is 2.25 bits per heavy atom. The second-order valence-corrected chi connectivity index (χ2v) is 6.83. The number of nitrogens with one attached hydrogen (secondary N) is 2. The lowest BCUT2D eigenvalue weighted by atomic mass is 9.81. The van der Waals surface area contributed by atoms with Gasteiger partial charge in [0.2, 0.25) is 5.91 Å². The molecule has 0 aromatic carbocycles. The fourth-order valence-electron chi connectivity index (χ4n) is 3.76. The highest BCUT2D eigenvalue weighted by Crippen LogP contribution is 2.29. The average molecular weight is 280 g/mol. The van der Waals surface area contributed by atoms with Crippen LogP contribution in [0.4, 0.5) is 0 Å². The summed E-state index contributed by atoms with van der Waals surface area (Å²) in [6.07, 6.45) is 13.0. The third kappa shape index (κ3) is 5.43. The number of rotatable bonds is 6. The predicted octanol–water partition coefficient (Wildman–Crippen LogP) is 3.24. The summed E-state index contributed by atoms with van der Waals surface area (Å²) in [5.74, 6) is 1.94. The van der Waals surface area contributed by atoms with E-state index in [1.165, 1.54) is 64.2 Å². The van der Waals surface area contributed by atoms with Crippen LogP contribution in [-0.2, 0) is 4.79 Å². The molecule has 2 N–H and O–H groups in total. The number of hydrogen-bond acceptors (Lipinski definition) is 2. The van der Waals surface area contributed by atoms with E-state index < -0.39 is 0 Å². The van der Waals surface area contributed by atoms with Crippen molar-refractivity contribution >= 4 is 5.91 Å². The maximum Gasteiger partial charge on any atom is 0.234 e. The van der Waals surface area contributed by atoms with Gasteiger partial charge in [-0.15, -0.1) is 0 Å². The molecule has 0 bridgehead atoms. The molecule has 1 amide bonds. The highest BCUT2D eigenvalue weighted by molar-refractivity contribution is 5.78. The minimum Gasteiger partial charge on any atom is -0.352 e. The van der Waals surface area contributed by atoms with E-state index in [0.717, 1.165) is 18.4 Å². The summed E-state index contributed by atoms with van der Waals surface area (Å²) in [5.41, 5.74) is 0. The summed E-state index contributed by atoms with van der Waals surface area (Å²) >= 11 is 0. The second-order valence-electron chi connectivity index (χ2n) is 6.83. The smallest absolute Gasteiger partial charge is 0.234 e. The fourth-order valence-corrected chi connectivity index (χ4v) is 3.76. The summed E-state index contributed by atoms with van der Waals surface area (Å²) in [7, 11) is 0. The van der Waals surface area contributed by atoms with Gasteiger partial charge in [-0.05, 0) is 44.1 Å². The Kier molecular flexibility index (Phi) is 6.85. The van der Waals surface area contributed by atoms with Gasteiger partial charge in [-0.3, -0.25) is 4.79 Å². The van der Waals surface area contributed by atoms with Crippen LogP contribution in [0.5, 0.6) is 0 Å². The molecule has 2 saturated carbocycles. The van der Waals surface area contributed by atoms with Crippen molar-refractivity contribution in [3.8, 4) is 0 Å². The molecule has 0 radical (unpaired) electrons. The average Bonchev–Trinajstić information content (AvgIpc) is 2.49. The summed E-state index contributed by atoms with van der Waals surface area (Å²) in [4.78, 5) is 11.9. The molecular weight excluding hydrogens is 248 g/mol. The molecule has 0 aliphatic heterocycles. The van der Waals surface area contributed by atoms with Crippen LogP contribution in [0.15, 0.2) is 0 Å². The van der Waals surface area contributed by atoms with Gasteiger partial charge in [0.05, 0.1) is 6.54 Å². The van der Waals surface area contributed by atoms with Gasteiger partial charge < -0.3 is 10.6 Å². The van der Waals surface area contributed by atoms with Gasteiger partial charge in [0.1, 0.15) is 0 Å². The van der Waals surface area contributed by atoms with E-state index >= 15 is 0 Å². The highest BCUT2D eigenvalue weighted by Gasteiger charge is 2.20. The van der Waals surface area contributed by atoms with E-state index in [4.69, 9.17) is 0 Å². The van der Waals surface area contributed by atoms with Crippen molar-refractivity contribution in [1.29, 1.82) is 0 Å². The van der Waals surface area contributed by atoms with Crippen LogP contribution in [0.1, 0.15) is 71.1 Å². The van der Waals surface area contributed by atoms with Gasteiger partial charge in [-0.1, -0.05) is 45.4 Å². The Labute approximate surface area is 124 Å². The molecule has 116 valence electrons. The molecule has 2 aliphatic rings. The molecule has 20 heavy (non-hydrogen) atoms. The Balaban J connectivity index is 1.53. The van der Waals surface area contributed by atoms with Crippen molar-refractivity contribution in [3.05, 3.63) is 0 Å². The van der Waals surface area contributed by atoms with Crippen LogP contribution in [0.2, 0.25) is 0 Å². The monoisotopic (exact) mass is 280 g/mol. The second kappa shape index (κ2) is 8.66. The topological polar surface area (TPSA) is 41.1 Å². The Hall–Kier alpha value is -0.570. The lowest BCUT2D eigenvalue weighted by Crippen LogP contribution is -2.42. The molecule has 0 aromatic heterocycles. The van der Waals surface area contributed by atoms with Gasteiger partial charge in [0, 0.05) is 6.04 Å². The molecule has 0 unspecified atom stereocenters. The van der Waals surface area contributed by atoms with E-state index in [2.05, 4.69) is 17.6 Å². The maximum atomic E-state index is 11.9. The number of carbonyl (C=O) groups excluding carboxylic acids is 1. The summed E-state index contributed by atoms with van der Waals surface area (Å²) in [6.45, 7) is 3.83. The van der Waals surface area contributed by atoms with Crippen LogP contribution < -0.4 is 10.6 Å². The molecule has 0 heterocycles. The number of hydrogen-bond donors (Lipinski definition) is 2. The quantitative estimate of drug-likeness (QED) is 0.784. The predicted molar refractivity (Wildman–Crippen MR) is 83.6 cm³/mol. The number of carbonyl (C=O) groups is 1. The minimum absolute atomic E-state index is 0.194. The Morgan fingerprint density at radius 2 is 1.60 bits per heavy atom. The van der Waals surface area contributed by atoms with Crippen molar-refractivity contribution in [2.45, 2.75) is 77.2 Å². The first-order valence-corrected chi connectivity index (χ1v) is 8.78. The summed E-state index contributed by atoms with van der Waals surface area (Å²) in [6, 6.07) is 0.443. The van der Waals surface area contributed by atoms with Gasteiger partial charge in [0.25, 0.3) is 0 Å². The summed E-state index contributed by atoms with van der Waals surface area (Å²) in [5, 5.41) is 6.54. The highest BCUT2D eigenvalue weighted by atomic mass is 16.1. The first-order valence-electron chi connectivity index (χ1n) is 8.78. The van der Waals surface area contributed by atoms with Crippen molar-refractivity contribution in [3.63, 3.8) is 0 Å². The zero-order valence-corrected chi connectivity index (χ0v) is 13.1. The number of amides is 1. The maximum absolute atomic E-state index is 11.9. The molecule has 3 nitrogen and oxygen atoms in total.